The Bertz CT molecular complexity index is 629. The molecule has 1 aromatic carbocycles. The third-order valence-corrected chi connectivity index (χ3v) is 4.05. The summed E-state index contributed by atoms with van der Waals surface area (Å²) >= 11 is 1.39. The molecular formula is C16H20ClN3O2S. The third-order valence-electron chi connectivity index (χ3n) is 3.18. The number of thiophene rings is 1. The lowest BCUT2D eigenvalue weighted by molar-refractivity contribution is 0.0796. The van der Waals surface area contributed by atoms with Crippen molar-refractivity contribution >= 4 is 41.2 Å². The van der Waals surface area contributed by atoms with Crippen LogP contribution in [0.5, 0.6) is 0 Å². The van der Waals surface area contributed by atoms with Gasteiger partial charge in [0.15, 0.2) is 0 Å². The van der Waals surface area contributed by atoms with Crippen molar-refractivity contribution in [1.82, 2.24) is 10.2 Å². The molecule has 0 fully saturated rings. The minimum absolute atomic E-state index is 0. The summed E-state index contributed by atoms with van der Waals surface area (Å²) in [6.45, 7) is 1.39. The van der Waals surface area contributed by atoms with Gasteiger partial charge in [-0.3, -0.25) is 9.59 Å². The van der Waals surface area contributed by atoms with Crippen molar-refractivity contribution in [2.45, 2.75) is 0 Å². The number of halogens is 1. The van der Waals surface area contributed by atoms with E-state index in [4.69, 9.17) is 0 Å². The Morgan fingerprint density at radius 2 is 1.87 bits per heavy atom. The first-order valence-electron chi connectivity index (χ1n) is 6.97. The van der Waals surface area contributed by atoms with Gasteiger partial charge >= 0.3 is 0 Å². The largest absolute Gasteiger partial charge is 0.340 e. The van der Waals surface area contributed by atoms with E-state index in [0.29, 0.717) is 22.7 Å². The summed E-state index contributed by atoms with van der Waals surface area (Å²) in [7, 11) is 3.62. The molecule has 23 heavy (non-hydrogen) atoms. The fourth-order valence-corrected chi connectivity index (χ4v) is 2.52. The van der Waals surface area contributed by atoms with Crippen molar-refractivity contribution in [1.29, 1.82) is 0 Å². The number of carbonyl (C=O) groups is 2. The molecule has 2 amide bonds. The molecule has 0 aliphatic rings. The molecule has 2 N–H and O–H groups in total. The summed E-state index contributed by atoms with van der Waals surface area (Å²) in [4.78, 5) is 26.4. The van der Waals surface area contributed by atoms with Gasteiger partial charge in [-0.25, -0.2) is 0 Å². The molecule has 0 unspecified atom stereocenters. The van der Waals surface area contributed by atoms with Crippen molar-refractivity contribution in [3.63, 3.8) is 0 Å². The summed E-state index contributed by atoms with van der Waals surface area (Å²) < 4.78 is 0. The van der Waals surface area contributed by atoms with Crippen LogP contribution in [0, 0.1) is 0 Å². The van der Waals surface area contributed by atoms with Gasteiger partial charge in [0.1, 0.15) is 0 Å². The van der Waals surface area contributed by atoms with Gasteiger partial charge in [0, 0.05) is 31.4 Å². The topological polar surface area (TPSA) is 61.4 Å². The summed E-state index contributed by atoms with van der Waals surface area (Å²) in [5, 5.41) is 7.68. The van der Waals surface area contributed by atoms with E-state index in [1.807, 2.05) is 18.5 Å². The second-order valence-electron chi connectivity index (χ2n) is 4.84. The Labute approximate surface area is 146 Å². The van der Waals surface area contributed by atoms with Gasteiger partial charge in [-0.05, 0) is 42.8 Å². The van der Waals surface area contributed by atoms with Crippen molar-refractivity contribution in [3.8, 4) is 0 Å². The highest BCUT2D eigenvalue weighted by Gasteiger charge is 2.12. The van der Waals surface area contributed by atoms with Crippen LogP contribution in [0.3, 0.4) is 0 Å². The highest BCUT2D eigenvalue weighted by Crippen LogP contribution is 2.15. The quantitative estimate of drug-likeness (QED) is 0.839. The molecule has 5 nitrogen and oxygen atoms in total. The van der Waals surface area contributed by atoms with Gasteiger partial charge in [0.05, 0.1) is 4.88 Å². The Morgan fingerprint density at radius 3 is 2.43 bits per heavy atom. The lowest BCUT2D eigenvalue weighted by Gasteiger charge is -2.17. The number of hydrogen-bond acceptors (Lipinski definition) is 4. The summed E-state index contributed by atoms with van der Waals surface area (Å²) in [6, 6.07) is 10.5. The van der Waals surface area contributed by atoms with Crippen LogP contribution in [0.25, 0.3) is 0 Å². The van der Waals surface area contributed by atoms with Gasteiger partial charge in [-0.1, -0.05) is 6.07 Å². The van der Waals surface area contributed by atoms with Crippen molar-refractivity contribution in [2.75, 3.05) is 32.5 Å². The first kappa shape index (κ1) is 19.2. The smallest absolute Gasteiger partial charge is 0.265 e. The molecule has 0 aliphatic carbocycles. The van der Waals surface area contributed by atoms with E-state index in [1.54, 1.807) is 42.3 Å². The van der Waals surface area contributed by atoms with Gasteiger partial charge in [-0.2, -0.15) is 0 Å². The molecule has 2 rings (SSSR count). The van der Waals surface area contributed by atoms with Crippen molar-refractivity contribution < 1.29 is 9.59 Å². The van der Waals surface area contributed by atoms with E-state index < -0.39 is 0 Å². The zero-order valence-electron chi connectivity index (χ0n) is 13.0. The van der Waals surface area contributed by atoms with Crippen LogP contribution in [-0.2, 0) is 0 Å². The molecule has 0 atom stereocenters. The molecule has 0 radical (unpaired) electrons. The minimum atomic E-state index is -0.139. The fraction of sp³-hybridized carbons (Fsp3) is 0.250. The number of likely N-dealkylation sites (N-methyl/N-ethyl adjacent to an activating group) is 2. The molecule has 0 spiro atoms. The normalized spacial score (nSPS) is 9.83. The summed E-state index contributed by atoms with van der Waals surface area (Å²) in [5.74, 6) is -0.174. The molecule has 2 aromatic rings. The third kappa shape index (κ3) is 5.35. The first-order chi connectivity index (χ1) is 10.6. The van der Waals surface area contributed by atoms with E-state index in [1.165, 1.54) is 11.3 Å². The SMILES string of the molecule is CNCCN(C)C(=O)c1ccc(NC(=O)c2cccs2)cc1.Cl. The van der Waals surface area contributed by atoms with Crippen LogP contribution in [-0.4, -0.2) is 43.9 Å². The van der Waals surface area contributed by atoms with Crippen LogP contribution in [0.4, 0.5) is 5.69 Å². The predicted molar refractivity (Wildman–Crippen MR) is 96.8 cm³/mol. The van der Waals surface area contributed by atoms with Crippen LogP contribution in [0.15, 0.2) is 41.8 Å². The zero-order chi connectivity index (χ0) is 15.9. The Kier molecular flexibility index (Phi) is 7.74. The van der Waals surface area contributed by atoms with Gasteiger partial charge in [0.25, 0.3) is 11.8 Å². The van der Waals surface area contributed by atoms with Crippen LogP contribution in [0.1, 0.15) is 20.0 Å². The monoisotopic (exact) mass is 353 g/mol. The molecule has 0 saturated heterocycles. The number of rotatable bonds is 6. The molecule has 1 heterocycles. The number of nitrogens with zero attached hydrogens (tertiary/aromatic N) is 1. The minimum Gasteiger partial charge on any atom is -0.340 e. The second-order valence-corrected chi connectivity index (χ2v) is 5.79. The van der Waals surface area contributed by atoms with E-state index >= 15 is 0 Å². The van der Waals surface area contributed by atoms with Crippen LogP contribution in [0.2, 0.25) is 0 Å². The lowest BCUT2D eigenvalue weighted by atomic mass is 10.2. The molecule has 7 heteroatoms. The second kappa shape index (κ2) is 9.29. The predicted octanol–water partition coefficient (Wildman–Crippen LogP) is 2.71. The van der Waals surface area contributed by atoms with Gasteiger partial charge < -0.3 is 15.5 Å². The van der Waals surface area contributed by atoms with Gasteiger partial charge in [-0.15, -0.1) is 23.7 Å². The standard InChI is InChI=1S/C16H19N3O2S.ClH/c1-17-9-10-19(2)16(21)12-5-7-13(8-6-12)18-15(20)14-4-3-11-22-14;/h3-8,11,17H,9-10H2,1-2H3,(H,18,20);1H. The number of hydrogen-bond donors (Lipinski definition) is 2. The summed E-state index contributed by atoms with van der Waals surface area (Å²) in [5.41, 5.74) is 1.28. The van der Waals surface area contributed by atoms with Gasteiger partial charge in [0.2, 0.25) is 0 Å². The Hall–Kier alpha value is -1.89. The number of benzene rings is 1. The number of anilines is 1. The maximum Gasteiger partial charge on any atom is 0.265 e. The number of carbonyl (C=O) groups excluding carboxylic acids is 2. The molecule has 0 saturated carbocycles. The van der Waals surface area contributed by atoms with Crippen LogP contribution >= 0.6 is 23.7 Å². The van der Waals surface area contributed by atoms with E-state index in [9.17, 15) is 9.59 Å². The Balaban J connectivity index is 0.00000264. The summed E-state index contributed by atoms with van der Waals surface area (Å²) in [6.07, 6.45) is 0. The fourth-order valence-electron chi connectivity index (χ4n) is 1.90. The molecule has 0 aliphatic heterocycles. The van der Waals surface area contributed by atoms with E-state index in [-0.39, 0.29) is 24.2 Å². The zero-order valence-corrected chi connectivity index (χ0v) is 14.7. The average Bonchev–Trinajstić information content (AvgIpc) is 3.07. The average molecular weight is 354 g/mol. The van der Waals surface area contributed by atoms with Crippen molar-refractivity contribution in [3.05, 3.63) is 52.2 Å². The molecule has 1 aromatic heterocycles. The number of nitrogens with one attached hydrogen (secondary N) is 2. The first-order valence-corrected chi connectivity index (χ1v) is 7.85. The lowest BCUT2D eigenvalue weighted by Crippen LogP contribution is -2.32. The Morgan fingerprint density at radius 1 is 1.17 bits per heavy atom. The maximum absolute atomic E-state index is 12.2. The number of amides is 2. The van der Waals surface area contributed by atoms with Crippen LogP contribution < -0.4 is 10.6 Å². The maximum atomic E-state index is 12.2. The molecule has 0 bridgehead atoms. The van der Waals surface area contributed by atoms with E-state index in [2.05, 4.69) is 10.6 Å². The van der Waals surface area contributed by atoms with Crippen molar-refractivity contribution in [2.24, 2.45) is 0 Å². The highest BCUT2D eigenvalue weighted by atomic mass is 35.5. The molecule has 124 valence electrons. The van der Waals surface area contributed by atoms with E-state index in [0.717, 1.165) is 6.54 Å². The highest BCUT2D eigenvalue weighted by molar-refractivity contribution is 7.12. The molecular weight excluding hydrogens is 334 g/mol.